The van der Waals surface area contributed by atoms with Crippen molar-refractivity contribution in [2.45, 2.75) is 13.1 Å². The van der Waals surface area contributed by atoms with Crippen LogP contribution >= 0.6 is 24.0 Å². The molecule has 0 unspecified atom stereocenters. The molecule has 0 spiro atoms. The predicted molar refractivity (Wildman–Crippen MR) is 94.3 cm³/mol. The summed E-state index contributed by atoms with van der Waals surface area (Å²) >= 11 is 0. The number of hydrogen-bond donors (Lipinski definition) is 0. The molecule has 0 saturated carbocycles. The fourth-order valence-corrected chi connectivity index (χ4v) is 1.53. The number of rotatable bonds is 4. The molecule has 0 bridgehead atoms. The fraction of sp³-hybridized carbons (Fsp3) is 0.250. The summed E-state index contributed by atoms with van der Waals surface area (Å²) < 4.78 is 0. The predicted octanol–water partition coefficient (Wildman–Crippen LogP) is 5.00. The maximum absolute atomic E-state index is 4.01. The molecule has 2 nitrogen and oxygen atoms in total. The van der Waals surface area contributed by atoms with Crippen molar-refractivity contribution in [2.24, 2.45) is 0 Å². The van der Waals surface area contributed by atoms with Crippen LogP contribution in [0.15, 0.2) is 60.7 Å². The van der Waals surface area contributed by atoms with Crippen molar-refractivity contribution in [3.8, 4) is 0 Å². The quantitative estimate of drug-likeness (QED) is 0.516. The maximum atomic E-state index is 4.01. The zero-order valence-electron chi connectivity index (χ0n) is 12.0. The second kappa shape index (κ2) is 15.8. The average Bonchev–Trinajstić information content (AvgIpc) is 2.43. The van der Waals surface area contributed by atoms with E-state index in [0.29, 0.717) is 0 Å². The minimum Gasteiger partial charge on any atom is -0.661 e. The molecule has 0 aliphatic rings. The van der Waals surface area contributed by atoms with Crippen LogP contribution in [0.5, 0.6) is 0 Å². The van der Waals surface area contributed by atoms with Gasteiger partial charge in [0.2, 0.25) is 0 Å². The van der Waals surface area contributed by atoms with E-state index in [0.717, 1.165) is 13.1 Å². The third-order valence-corrected chi connectivity index (χ3v) is 2.37. The van der Waals surface area contributed by atoms with Gasteiger partial charge < -0.3 is 10.6 Å². The molecule has 20 heavy (non-hydrogen) atoms. The molecule has 2 aromatic rings. The number of halogens is 1. The summed E-state index contributed by atoms with van der Waals surface area (Å²) in [4.78, 5) is 0. The summed E-state index contributed by atoms with van der Waals surface area (Å²) in [7, 11) is 3.65. The zero-order chi connectivity index (χ0) is 13.1. The van der Waals surface area contributed by atoms with Crippen LogP contribution in [0.1, 0.15) is 11.1 Å². The molecule has 2 aromatic carbocycles. The molecule has 0 N–H and O–H groups in total. The van der Waals surface area contributed by atoms with E-state index in [1.807, 2.05) is 50.5 Å². The van der Waals surface area contributed by atoms with E-state index in [1.54, 1.807) is 0 Å². The summed E-state index contributed by atoms with van der Waals surface area (Å²) in [6.45, 7) is 1.67. The maximum Gasteiger partial charge on any atom is 0 e. The van der Waals surface area contributed by atoms with Crippen molar-refractivity contribution in [3.63, 3.8) is 0 Å². The van der Waals surface area contributed by atoms with Crippen LogP contribution in [0.25, 0.3) is 10.6 Å². The van der Waals surface area contributed by atoms with Crippen molar-refractivity contribution in [3.05, 3.63) is 82.4 Å². The van der Waals surface area contributed by atoms with Gasteiger partial charge in [0.1, 0.15) is 0 Å². The van der Waals surface area contributed by atoms with Crippen molar-refractivity contribution in [1.82, 2.24) is 0 Å². The molecule has 0 amide bonds. The van der Waals surface area contributed by atoms with Gasteiger partial charge in [-0.3, -0.25) is 0 Å². The van der Waals surface area contributed by atoms with Crippen molar-refractivity contribution in [1.29, 1.82) is 0 Å². The van der Waals surface area contributed by atoms with Gasteiger partial charge in [0, 0.05) is 40.8 Å². The van der Waals surface area contributed by atoms with Crippen molar-refractivity contribution in [2.75, 3.05) is 14.1 Å². The first kappa shape index (κ1) is 22.7. The van der Waals surface area contributed by atoms with E-state index in [2.05, 4.69) is 34.9 Å². The zero-order valence-corrected chi connectivity index (χ0v) is 17.5. The van der Waals surface area contributed by atoms with Crippen molar-refractivity contribution >= 4 is 24.0 Å². The summed E-state index contributed by atoms with van der Waals surface area (Å²) in [6.07, 6.45) is 0. The second-order valence-electron chi connectivity index (χ2n) is 3.92. The van der Waals surface area contributed by atoms with Crippen molar-refractivity contribution < 1.29 is 40.8 Å². The largest absolute Gasteiger partial charge is 0.661 e. The Morgan fingerprint density at radius 1 is 0.650 bits per heavy atom. The Kier molecular flexibility index (Phi) is 18.0. The molecule has 0 atom stereocenters. The first-order valence-corrected chi connectivity index (χ1v) is 6.06. The first-order valence-electron chi connectivity index (χ1n) is 6.06. The number of nitrogens with zero attached hydrogens (tertiary/aromatic N) is 2. The molecular formula is C16H21IN2Nd-2. The van der Waals surface area contributed by atoms with Crippen LogP contribution in [0.2, 0.25) is 0 Å². The van der Waals surface area contributed by atoms with E-state index >= 15 is 0 Å². The topological polar surface area (TPSA) is 28.2 Å². The van der Waals surface area contributed by atoms with Crippen LogP contribution in [-0.4, -0.2) is 14.1 Å². The molecule has 0 saturated heterocycles. The van der Waals surface area contributed by atoms with Crippen LogP contribution < -0.4 is 0 Å². The molecule has 4 heteroatoms. The van der Waals surface area contributed by atoms with Crippen LogP contribution in [0, 0.1) is 40.8 Å². The van der Waals surface area contributed by atoms with Crippen LogP contribution in [-0.2, 0) is 13.1 Å². The molecule has 0 heterocycles. The molecule has 0 fully saturated rings. The van der Waals surface area contributed by atoms with E-state index in [4.69, 9.17) is 0 Å². The van der Waals surface area contributed by atoms with Gasteiger partial charge in [0.25, 0.3) is 0 Å². The van der Waals surface area contributed by atoms with Gasteiger partial charge >= 0.3 is 0 Å². The van der Waals surface area contributed by atoms with Gasteiger partial charge in [-0.25, -0.2) is 0 Å². The van der Waals surface area contributed by atoms with Crippen LogP contribution in [0.4, 0.5) is 0 Å². The molecular weight excluding hydrogens is 491 g/mol. The smallest absolute Gasteiger partial charge is 0 e. The molecule has 108 valence electrons. The van der Waals surface area contributed by atoms with Gasteiger partial charge in [0.15, 0.2) is 0 Å². The molecule has 0 aromatic heterocycles. The van der Waals surface area contributed by atoms with Crippen LogP contribution in [0.3, 0.4) is 0 Å². The monoisotopic (exact) mass is 510 g/mol. The average molecular weight is 513 g/mol. The third-order valence-electron chi connectivity index (χ3n) is 2.37. The summed E-state index contributed by atoms with van der Waals surface area (Å²) in [6, 6.07) is 20.4. The Bertz CT molecular complexity index is 368. The Morgan fingerprint density at radius 2 is 0.950 bits per heavy atom. The van der Waals surface area contributed by atoms with Gasteiger partial charge in [0.05, 0.1) is 0 Å². The van der Waals surface area contributed by atoms with Gasteiger partial charge in [-0.2, -0.15) is 14.1 Å². The Balaban J connectivity index is 0. The summed E-state index contributed by atoms with van der Waals surface area (Å²) in [5.74, 6) is 0. The Morgan fingerprint density at radius 3 is 1.20 bits per heavy atom. The number of hydrogen-bond acceptors (Lipinski definition) is 0. The summed E-state index contributed by atoms with van der Waals surface area (Å²) in [5, 5.41) is 8.01. The summed E-state index contributed by atoms with van der Waals surface area (Å²) in [5.41, 5.74) is 2.56. The van der Waals surface area contributed by atoms with E-state index in [9.17, 15) is 0 Å². The van der Waals surface area contributed by atoms with Gasteiger partial charge in [-0.05, 0) is 0 Å². The second-order valence-corrected chi connectivity index (χ2v) is 3.92. The molecule has 0 aliphatic heterocycles. The minimum absolute atomic E-state index is 0. The van der Waals surface area contributed by atoms with E-state index in [1.165, 1.54) is 11.1 Å². The first-order chi connectivity index (χ1) is 8.86. The Labute approximate surface area is 172 Å². The van der Waals surface area contributed by atoms with E-state index < -0.39 is 0 Å². The molecule has 2 rings (SSSR count). The Hall–Kier alpha value is 0.441. The fourth-order valence-electron chi connectivity index (χ4n) is 1.53. The number of benzene rings is 2. The standard InChI is InChI=1S/2C8H10N.HI.Nd/c2*1-9-7-8-5-3-2-4-6-8;;/h2*2-6H,7H2,1H3;1H;/q2*-1;;. The molecule has 0 radical (unpaired) electrons. The SMILES string of the molecule is C[N-]Cc1ccccc1.C[N-]Cc1ccccc1.I.[Nd]. The van der Waals surface area contributed by atoms with Gasteiger partial charge in [-0.1, -0.05) is 71.8 Å². The minimum atomic E-state index is 0. The van der Waals surface area contributed by atoms with E-state index in [-0.39, 0.29) is 64.8 Å². The molecule has 0 aliphatic carbocycles. The van der Waals surface area contributed by atoms with Gasteiger partial charge in [-0.15, -0.1) is 37.1 Å². The third kappa shape index (κ3) is 11.1. The normalized spacial score (nSPS) is 8.50.